The van der Waals surface area contributed by atoms with Gasteiger partial charge in [0.25, 0.3) is 0 Å². The summed E-state index contributed by atoms with van der Waals surface area (Å²) in [5.74, 6) is -0.0180. The van der Waals surface area contributed by atoms with Crippen LogP contribution in [0, 0.1) is 5.92 Å². The largest absolute Gasteiger partial charge is 0.353 e. The highest BCUT2D eigenvalue weighted by Gasteiger charge is 2.14. The Balaban J connectivity index is 2.08. The highest BCUT2D eigenvalue weighted by molar-refractivity contribution is 5.52. The van der Waals surface area contributed by atoms with Crippen LogP contribution in [0.15, 0.2) is 0 Å². The number of aldehydes is 1. The van der Waals surface area contributed by atoms with Crippen LogP contribution in [0.4, 0.5) is 0 Å². The molecule has 1 unspecified atom stereocenters. The highest BCUT2D eigenvalue weighted by atomic mass is 16.7. The molecule has 0 N–H and O–H groups in total. The fourth-order valence-corrected chi connectivity index (χ4v) is 1.14. The normalized spacial score (nSPS) is 26.6. The van der Waals surface area contributed by atoms with E-state index in [4.69, 9.17) is 9.47 Å². The monoisotopic (exact) mass is 172 g/mol. The topological polar surface area (TPSA) is 35.5 Å². The van der Waals surface area contributed by atoms with E-state index in [0.717, 1.165) is 25.7 Å². The van der Waals surface area contributed by atoms with E-state index in [0.29, 0.717) is 6.61 Å². The molecule has 1 heterocycles. The summed E-state index contributed by atoms with van der Waals surface area (Å²) in [5.41, 5.74) is 0. The summed E-state index contributed by atoms with van der Waals surface area (Å²) < 4.78 is 10.7. The van der Waals surface area contributed by atoms with Crippen LogP contribution in [0.2, 0.25) is 0 Å². The van der Waals surface area contributed by atoms with Crippen molar-refractivity contribution in [2.75, 3.05) is 13.2 Å². The van der Waals surface area contributed by atoms with E-state index in [1.165, 1.54) is 6.42 Å². The molecule has 70 valence electrons. The van der Waals surface area contributed by atoms with Gasteiger partial charge in [0.1, 0.15) is 6.29 Å². The minimum atomic E-state index is -0.0684. The molecule has 1 fully saturated rings. The Morgan fingerprint density at radius 1 is 1.67 bits per heavy atom. The van der Waals surface area contributed by atoms with Gasteiger partial charge in [-0.25, -0.2) is 0 Å². The predicted octanol–water partition coefficient (Wildman–Crippen LogP) is 1.36. The van der Waals surface area contributed by atoms with Crippen LogP contribution in [-0.4, -0.2) is 25.8 Å². The Morgan fingerprint density at radius 2 is 2.50 bits per heavy atom. The second-order valence-corrected chi connectivity index (χ2v) is 3.24. The van der Waals surface area contributed by atoms with Gasteiger partial charge in [-0.05, 0) is 19.3 Å². The van der Waals surface area contributed by atoms with E-state index < -0.39 is 0 Å². The van der Waals surface area contributed by atoms with Gasteiger partial charge in [0.05, 0.1) is 6.61 Å². The van der Waals surface area contributed by atoms with Crippen LogP contribution in [-0.2, 0) is 14.3 Å². The van der Waals surface area contributed by atoms with E-state index >= 15 is 0 Å². The first kappa shape index (κ1) is 9.68. The second-order valence-electron chi connectivity index (χ2n) is 3.24. The van der Waals surface area contributed by atoms with Crippen molar-refractivity contribution in [3.63, 3.8) is 0 Å². The van der Waals surface area contributed by atoms with Crippen LogP contribution < -0.4 is 0 Å². The average molecular weight is 172 g/mol. The molecule has 3 heteroatoms. The third kappa shape index (κ3) is 3.32. The summed E-state index contributed by atoms with van der Waals surface area (Å²) in [7, 11) is 0. The van der Waals surface area contributed by atoms with Crippen molar-refractivity contribution in [3.05, 3.63) is 0 Å². The number of hydrogen-bond acceptors (Lipinski definition) is 3. The molecule has 3 nitrogen and oxygen atoms in total. The number of carbonyl (C=O) groups excluding carboxylic acids is 1. The van der Waals surface area contributed by atoms with Crippen molar-refractivity contribution in [1.29, 1.82) is 0 Å². The van der Waals surface area contributed by atoms with E-state index in [2.05, 4.69) is 0 Å². The molecule has 0 spiro atoms. The fourth-order valence-electron chi connectivity index (χ4n) is 1.14. The average Bonchev–Trinajstić information content (AvgIpc) is 2.16. The van der Waals surface area contributed by atoms with E-state index in [1.54, 1.807) is 0 Å². The molecule has 0 amide bonds. The van der Waals surface area contributed by atoms with E-state index in [-0.39, 0.29) is 12.2 Å². The molecule has 12 heavy (non-hydrogen) atoms. The number of rotatable bonds is 4. The molecule has 1 rings (SSSR count). The molecule has 0 saturated carbocycles. The molecule has 0 aromatic heterocycles. The van der Waals surface area contributed by atoms with Crippen LogP contribution in [0.1, 0.15) is 26.2 Å². The van der Waals surface area contributed by atoms with Crippen LogP contribution in [0.25, 0.3) is 0 Å². The number of ether oxygens (including phenoxy) is 2. The van der Waals surface area contributed by atoms with Crippen LogP contribution in [0.3, 0.4) is 0 Å². The Labute approximate surface area is 73.0 Å². The Bertz CT molecular complexity index is 130. The summed E-state index contributed by atoms with van der Waals surface area (Å²) in [6, 6.07) is 0. The number of carbonyl (C=O) groups is 1. The zero-order valence-electron chi connectivity index (χ0n) is 7.49. The summed E-state index contributed by atoms with van der Waals surface area (Å²) >= 11 is 0. The molecule has 0 aromatic rings. The van der Waals surface area contributed by atoms with Crippen molar-refractivity contribution in [1.82, 2.24) is 0 Å². The maximum absolute atomic E-state index is 10.3. The first-order valence-corrected chi connectivity index (χ1v) is 4.51. The van der Waals surface area contributed by atoms with Gasteiger partial charge in [-0.3, -0.25) is 0 Å². The highest BCUT2D eigenvalue weighted by Crippen LogP contribution is 2.14. The minimum Gasteiger partial charge on any atom is -0.353 e. The summed E-state index contributed by atoms with van der Waals surface area (Å²) in [6.45, 7) is 3.12. The fraction of sp³-hybridized carbons (Fsp3) is 0.889. The molecule has 0 radical (unpaired) electrons. The quantitative estimate of drug-likeness (QED) is 0.601. The van der Waals surface area contributed by atoms with Gasteiger partial charge < -0.3 is 14.3 Å². The molecule has 0 aliphatic carbocycles. The molecule has 1 saturated heterocycles. The molecule has 1 aliphatic rings. The Morgan fingerprint density at radius 3 is 3.08 bits per heavy atom. The smallest absolute Gasteiger partial charge is 0.157 e. The van der Waals surface area contributed by atoms with Crippen molar-refractivity contribution < 1.29 is 14.3 Å². The van der Waals surface area contributed by atoms with Gasteiger partial charge in [0, 0.05) is 12.5 Å². The van der Waals surface area contributed by atoms with Crippen molar-refractivity contribution in [3.8, 4) is 0 Å². The predicted molar refractivity (Wildman–Crippen MR) is 44.8 cm³/mol. The van der Waals surface area contributed by atoms with Gasteiger partial charge in [-0.2, -0.15) is 0 Å². The van der Waals surface area contributed by atoms with Gasteiger partial charge >= 0.3 is 0 Å². The minimum absolute atomic E-state index is 0.0180. The summed E-state index contributed by atoms with van der Waals surface area (Å²) in [5, 5.41) is 0. The zero-order valence-corrected chi connectivity index (χ0v) is 7.49. The van der Waals surface area contributed by atoms with Gasteiger partial charge in [-0.15, -0.1) is 0 Å². The molecule has 1 aliphatic heterocycles. The third-order valence-electron chi connectivity index (χ3n) is 1.92. The molecule has 0 bridgehead atoms. The lowest BCUT2D eigenvalue weighted by Gasteiger charge is -2.23. The molecular formula is C9H16O3. The first-order chi connectivity index (χ1) is 5.83. The van der Waals surface area contributed by atoms with Crippen molar-refractivity contribution in [2.24, 2.45) is 5.92 Å². The van der Waals surface area contributed by atoms with E-state index in [1.807, 2.05) is 6.92 Å². The zero-order chi connectivity index (χ0) is 8.81. The first-order valence-electron chi connectivity index (χ1n) is 4.51. The summed E-state index contributed by atoms with van der Waals surface area (Å²) in [4.78, 5) is 10.3. The maximum atomic E-state index is 10.3. The molecule has 2 atom stereocenters. The Kier molecular flexibility index (Phi) is 4.25. The van der Waals surface area contributed by atoms with Crippen LogP contribution in [0.5, 0.6) is 0 Å². The lowest BCUT2D eigenvalue weighted by Crippen LogP contribution is -2.24. The van der Waals surface area contributed by atoms with Crippen molar-refractivity contribution in [2.45, 2.75) is 32.5 Å². The van der Waals surface area contributed by atoms with Gasteiger partial charge in [0.2, 0.25) is 0 Å². The SMILES string of the molecule is C[C@H](C=O)COC1CCCCO1. The molecule has 0 aromatic carbocycles. The Hall–Kier alpha value is -0.410. The standard InChI is InChI=1S/C9H16O3/c1-8(6-10)7-12-9-4-2-3-5-11-9/h6,8-9H,2-5,7H2,1H3/t8-,9?/m1/s1. The lowest BCUT2D eigenvalue weighted by atomic mass is 10.2. The third-order valence-corrected chi connectivity index (χ3v) is 1.92. The van der Waals surface area contributed by atoms with Gasteiger partial charge in [-0.1, -0.05) is 6.92 Å². The van der Waals surface area contributed by atoms with Gasteiger partial charge in [0.15, 0.2) is 6.29 Å². The number of hydrogen-bond donors (Lipinski definition) is 0. The lowest BCUT2D eigenvalue weighted by molar-refractivity contribution is -0.168. The second kappa shape index (κ2) is 5.27. The summed E-state index contributed by atoms with van der Waals surface area (Å²) in [6.07, 6.45) is 4.10. The van der Waals surface area contributed by atoms with Crippen LogP contribution >= 0.6 is 0 Å². The van der Waals surface area contributed by atoms with Crippen molar-refractivity contribution >= 4 is 6.29 Å². The van der Waals surface area contributed by atoms with E-state index in [9.17, 15) is 4.79 Å². The molecular weight excluding hydrogens is 156 g/mol. The maximum Gasteiger partial charge on any atom is 0.157 e.